The average Bonchev–Trinajstić information content (AvgIpc) is 0.766. The first-order valence-electron chi connectivity index (χ1n) is 33.5. The van der Waals surface area contributed by atoms with Crippen molar-refractivity contribution in [2.24, 2.45) is 5.73 Å². The van der Waals surface area contributed by atoms with Gasteiger partial charge in [0.1, 0.15) is 131 Å². The van der Waals surface area contributed by atoms with E-state index in [1.165, 1.54) is 30.3 Å². The van der Waals surface area contributed by atoms with Crippen molar-refractivity contribution >= 4 is 70.5 Å². The van der Waals surface area contributed by atoms with Gasteiger partial charge in [-0.05, 0) is 112 Å². The Hall–Kier alpha value is -11.4. The lowest BCUT2D eigenvalue weighted by molar-refractivity contribution is -0.284. The maximum atomic E-state index is 16.4. The predicted octanol–water partition coefficient (Wildman–Crippen LogP) is 0.426. The lowest BCUT2D eigenvalue weighted by Crippen LogP contribution is -2.65. The zero-order valence-electron chi connectivity index (χ0n) is 56.8. The number of carboxylic acids is 1. The monoisotopic (exact) mass is 1560 g/mol. The van der Waals surface area contributed by atoms with E-state index >= 15 is 24.0 Å². The Kier molecular flexibility index (Phi) is 21.6. The first-order valence-corrected chi connectivity index (χ1v) is 34.3. The number of fused-ring (bicyclic) bond motifs is 14. The Morgan fingerprint density at radius 1 is 0.536 bits per heavy atom. The zero-order chi connectivity index (χ0) is 78.7. The van der Waals surface area contributed by atoms with E-state index in [0.717, 1.165) is 91.9 Å². The third-order valence-corrected chi connectivity index (χ3v) is 19.6. The summed E-state index contributed by atoms with van der Waals surface area (Å²) >= 11 is 14.1. The fourth-order valence-corrected chi connectivity index (χ4v) is 13.9. The molecule has 36 nitrogen and oxygen atoms in total. The highest BCUT2D eigenvalue weighted by Gasteiger charge is 2.50. The number of nitrogens with one attached hydrogen (secondary N) is 7. The summed E-state index contributed by atoms with van der Waals surface area (Å²) < 4.78 is 43.0. The molecular formula is C72H68Cl2N8O28. The van der Waals surface area contributed by atoms with Gasteiger partial charge in [-0.1, -0.05) is 47.5 Å². The number of carboxylic acid groups (broad SMARTS) is 1. The Labute approximate surface area is 629 Å². The Balaban J connectivity index is 1.05. The number of amides is 7. The Bertz CT molecular complexity index is 4880. The lowest BCUT2D eigenvalue weighted by Gasteiger charge is -2.44. The number of benzene rings is 7. The number of hydrogen-bond acceptors (Lipinski definition) is 28. The molecule has 17 bridgehead atoms. The summed E-state index contributed by atoms with van der Waals surface area (Å²) in [6, 6.07) is 3.70. The van der Waals surface area contributed by atoms with Crippen molar-refractivity contribution in [3.8, 4) is 80.1 Å². The van der Waals surface area contributed by atoms with Gasteiger partial charge in [0, 0.05) is 42.2 Å². The van der Waals surface area contributed by atoms with Crippen LogP contribution in [-0.2, 0) is 59.0 Å². The maximum absolute atomic E-state index is 16.4. The molecule has 8 aliphatic heterocycles. The van der Waals surface area contributed by atoms with Crippen LogP contribution in [0.5, 0.6) is 69.0 Å². The van der Waals surface area contributed by atoms with Crippen LogP contribution in [0.3, 0.4) is 0 Å². The molecule has 7 amide bonds. The topological polar surface area (TPSA) is 574 Å². The van der Waals surface area contributed by atoms with Gasteiger partial charge in [0.05, 0.1) is 23.3 Å². The van der Waals surface area contributed by atoms with Gasteiger partial charge >= 0.3 is 5.97 Å². The number of hydrogen-bond donors (Lipinski definition) is 21. The van der Waals surface area contributed by atoms with E-state index in [1.54, 1.807) is 0 Å². The molecule has 7 aromatic rings. The van der Waals surface area contributed by atoms with Crippen LogP contribution in [-0.4, -0.2) is 200 Å². The molecule has 7 aromatic carbocycles. The van der Waals surface area contributed by atoms with Crippen molar-refractivity contribution in [2.75, 3.05) is 13.2 Å². The number of aliphatic carboxylic acids is 1. The molecule has 0 radical (unpaired) electrons. The van der Waals surface area contributed by atoms with Crippen LogP contribution >= 0.6 is 23.2 Å². The first-order chi connectivity index (χ1) is 52.3. The van der Waals surface area contributed by atoms with E-state index in [2.05, 4.69) is 37.2 Å². The third-order valence-electron chi connectivity index (χ3n) is 19.0. The number of ether oxygens (including phenoxy) is 7. The van der Waals surface area contributed by atoms with Gasteiger partial charge in [0.15, 0.2) is 35.3 Å². The van der Waals surface area contributed by atoms with Crippen molar-refractivity contribution in [1.82, 2.24) is 37.2 Å². The second-order valence-corrected chi connectivity index (χ2v) is 27.3. The smallest absolute Gasteiger partial charge is 0.330 e. The van der Waals surface area contributed by atoms with E-state index in [9.17, 15) is 80.8 Å². The number of nitrogens with two attached hydrogens (primary N) is 1. The molecule has 578 valence electrons. The second kappa shape index (κ2) is 31.0. The fourth-order valence-electron chi connectivity index (χ4n) is 13.5. The van der Waals surface area contributed by atoms with Crippen molar-refractivity contribution in [3.05, 3.63) is 164 Å². The van der Waals surface area contributed by atoms with Gasteiger partial charge in [-0.3, -0.25) is 33.6 Å². The number of halogens is 2. The molecule has 2 fully saturated rings. The SMILES string of the molecule is CC(=O)N[C@H]1[C@H](O[C@@H]2c3ccc(c(Cl)c3)Oc3cc4cc(c3O)Oc3ccc(cc3Cl)C[C@H]3NC(=O)[C@@H](N)c5ccc(O)c(c5)Oc5cc(O)cc(c5)[C@H](NC3=O)C(=O)N[C@H]4C(=O)N[C@H]3C(=O)N[C@@H]2C(=O)N[C@H](C(=O)O)c2cc(O)cc(O[C@H]4O[C@H](CO)[C@@H](O)[C@H](O)[C@@H]4O)c2-c2cc3ccc2O)O[C@H](CO)[C@@H](O)[C@@H]1O. The molecule has 0 aliphatic carbocycles. The standard InChI is InChI=1S/C72H68Cl2N8O28/c1-24(85)76-55-60(93)58(91)47(22-83)108-71(55)110-63-28-5-9-42(37(74)15-28)106-46-18-30-17-45(57(46)90)105-41-8-2-25(10-36(41)73)11-38-64(96)78-52(29-12-31(86)19-33(13-29)104-43-16-26(3-7-40(43)89)50(75)65(97)77-38)67(99)80-53(30)68(100)79-51-27-4-6-39(88)34(14-27)49-35(54(70(102)103)81-69(101)56(63)82-66(51)98)20-32(87)21-44(49)107-72-62(95)61(94)59(92)48(23-84)109-72/h2-10,12-21,38,47-48,50-56,58-63,71-72,83-84,86-95H,11,22-23,75H2,1H3,(H,76,85)(H,77,97)(H,78,96)(H,79,100)(H,80,99)(H,81,101)(H,82,98)(H,102,103)/t38-,47-,48-,50+,51-,52+,53-,54+,55-,56+,58-,59-,60-,61+,62+,63-,71+,72+/m1/s1. The normalized spacial score (nSPS) is 28.1. The van der Waals surface area contributed by atoms with Crippen LogP contribution in [0.25, 0.3) is 11.1 Å². The first kappa shape index (κ1) is 76.8. The minimum absolute atomic E-state index is 0.0678. The Morgan fingerprint density at radius 3 is 1.75 bits per heavy atom. The van der Waals surface area contributed by atoms with E-state index in [1.807, 2.05) is 0 Å². The molecule has 22 N–H and O–H groups in total. The van der Waals surface area contributed by atoms with Crippen LogP contribution in [0.2, 0.25) is 10.0 Å². The minimum atomic E-state index is -2.51. The molecule has 15 rings (SSSR count). The van der Waals surface area contributed by atoms with E-state index < -0.39 is 261 Å². The van der Waals surface area contributed by atoms with Gasteiger partial charge in [-0.2, -0.15) is 0 Å². The molecule has 8 aliphatic rings. The zero-order valence-corrected chi connectivity index (χ0v) is 58.3. The maximum Gasteiger partial charge on any atom is 0.330 e. The molecule has 0 unspecified atom stereocenters. The van der Waals surface area contributed by atoms with Gasteiger partial charge in [-0.25, -0.2) is 4.79 Å². The molecule has 2 saturated heterocycles. The van der Waals surface area contributed by atoms with E-state index in [-0.39, 0.29) is 44.5 Å². The van der Waals surface area contributed by atoms with Crippen LogP contribution in [0, 0.1) is 0 Å². The van der Waals surface area contributed by atoms with Crippen LogP contribution in [0.1, 0.15) is 82.2 Å². The average molecular weight is 1560 g/mol. The molecule has 0 spiro atoms. The molecule has 38 heteroatoms. The number of carbonyl (C=O) groups is 8. The number of phenolic OH excluding ortho intramolecular Hbond substituents is 5. The highest BCUT2D eigenvalue weighted by molar-refractivity contribution is 6.32. The van der Waals surface area contributed by atoms with Crippen molar-refractivity contribution in [3.63, 3.8) is 0 Å². The summed E-state index contributed by atoms with van der Waals surface area (Å²) in [6.07, 6.45) is -20.7. The van der Waals surface area contributed by atoms with E-state index in [4.69, 9.17) is 62.1 Å². The number of aliphatic hydroxyl groups excluding tert-OH is 7. The van der Waals surface area contributed by atoms with Crippen LogP contribution in [0.4, 0.5) is 0 Å². The highest BCUT2D eigenvalue weighted by Crippen LogP contribution is 2.50. The number of phenols is 5. The van der Waals surface area contributed by atoms with Crippen molar-refractivity contribution in [2.45, 2.75) is 123 Å². The summed E-state index contributed by atoms with van der Waals surface area (Å²) in [5.74, 6) is -18.0. The van der Waals surface area contributed by atoms with Gasteiger partial charge < -0.3 is 142 Å². The molecule has 8 heterocycles. The van der Waals surface area contributed by atoms with Gasteiger partial charge in [0.25, 0.3) is 0 Å². The number of carbonyl (C=O) groups excluding carboxylic acids is 7. The molecular weight excluding hydrogens is 1500 g/mol. The van der Waals surface area contributed by atoms with Crippen molar-refractivity contribution in [1.29, 1.82) is 0 Å². The van der Waals surface area contributed by atoms with Gasteiger partial charge in [-0.15, -0.1) is 0 Å². The Morgan fingerprint density at radius 2 is 1.11 bits per heavy atom. The second-order valence-electron chi connectivity index (χ2n) is 26.4. The summed E-state index contributed by atoms with van der Waals surface area (Å²) in [5.41, 5.74) is 3.25. The number of aliphatic hydroxyl groups is 7. The van der Waals surface area contributed by atoms with E-state index in [0.29, 0.717) is 0 Å². The summed E-state index contributed by atoms with van der Waals surface area (Å²) in [4.78, 5) is 121. The third kappa shape index (κ3) is 15.3. The molecule has 18 atom stereocenters. The summed E-state index contributed by atoms with van der Waals surface area (Å²) in [6.45, 7) is -1.05. The number of rotatable bonds is 8. The molecule has 0 saturated carbocycles. The fraction of sp³-hybridized carbons (Fsp3) is 0.306. The van der Waals surface area contributed by atoms with Crippen molar-refractivity contribution < 1.29 is 138 Å². The van der Waals surface area contributed by atoms with Gasteiger partial charge in [0.2, 0.25) is 53.4 Å². The summed E-state index contributed by atoms with van der Waals surface area (Å²) in [7, 11) is 0. The quantitative estimate of drug-likeness (QED) is 0.0980. The lowest BCUT2D eigenvalue weighted by atomic mass is 9.89. The minimum Gasteiger partial charge on any atom is -0.508 e. The molecule has 110 heavy (non-hydrogen) atoms. The predicted molar refractivity (Wildman–Crippen MR) is 372 cm³/mol. The van der Waals surface area contributed by atoms with Crippen LogP contribution in [0.15, 0.2) is 115 Å². The summed E-state index contributed by atoms with van der Waals surface area (Å²) in [5, 5.41) is 163. The number of aromatic hydroxyl groups is 5. The highest BCUT2D eigenvalue weighted by atomic mass is 35.5. The van der Waals surface area contributed by atoms with Crippen LogP contribution < -0.4 is 61.9 Å². The largest absolute Gasteiger partial charge is 0.508 e. The molecule has 0 aromatic heterocycles.